The fourth-order valence-corrected chi connectivity index (χ4v) is 3.62. The van der Waals surface area contributed by atoms with Crippen molar-refractivity contribution in [1.82, 2.24) is 9.97 Å². The Morgan fingerprint density at radius 1 is 0.833 bits per heavy atom. The molecule has 0 saturated carbocycles. The lowest BCUT2D eigenvalue weighted by Gasteiger charge is -2.09. The highest BCUT2D eigenvalue weighted by molar-refractivity contribution is 8.76. The summed E-state index contributed by atoms with van der Waals surface area (Å²) in [5, 5.41) is 0. The predicted molar refractivity (Wildman–Crippen MR) is 52.3 cm³/mol. The van der Waals surface area contributed by atoms with Crippen LogP contribution in [0.2, 0.25) is 0 Å². The van der Waals surface area contributed by atoms with Crippen LogP contribution >= 0.6 is 21.6 Å². The molecule has 0 saturated heterocycles. The molecular weight excluding hydrogens is 188 g/mol. The second kappa shape index (κ2) is 2.37. The Kier molecular flexibility index (Phi) is 1.33. The quantitative estimate of drug-likeness (QED) is 0.631. The fraction of sp³-hybridized carbons (Fsp3) is 0. The smallest absolute Gasteiger partial charge is 0.0778 e. The van der Waals surface area contributed by atoms with Crippen molar-refractivity contribution >= 4 is 21.6 Å². The maximum absolute atomic E-state index is 3.23. The van der Waals surface area contributed by atoms with E-state index in [0.29, 0.717) is 0 Å². The van der Waals surface area contributed by atoms with E-state index in [2.05, 4.69) is 22.1 Å². The Hall–Kier alpha value is -0.740. The Labute approximate surface area is 77.5 Å². The summed E-state index contributed by atoms with van der Waals surface area (Å²) in [6.07, 6.45) is 3.96. The highest BCUT2D eigenvalue weighted by Gasteiger charge is 2.18. The summed E-state index contributed by atoms with van der Waals surface area (Å²) < 4.78 is 0. The van der Waals surface area contributed by atoms with Crippen molar-refractivity contribution in [3.63, 3.8) is 0 Å². The first-order valence-corrected chi connectivity index (χ1v) is 5.80. The van der Waals surface area contributed by atoms with Gasteiger partial charge in [-0.3, -0.25) is 0 Å². The normalized spacial score (nSPS) is 14.0. The Bertz CT molecular complexity index is 376. The molecule has 3 rings (SSSR count). The fourth-order valence-electron chi connectivity index (χ4n) is 1.33. The maximum atomic E-state index is 3.23. The number of hydrogen-bond acceptors (Lipinski definition) is 2. The van der Waals surface area contributed by atoms with Gasteiger partial charge in [-0.2, -0.15) is 0 Å². The van der Waals surface area contributed by atoms with Crippen LogP contribution in [0.3, 0.4) is 0 Å². The molecule has 2 aromatic rings. The highest BCUT2D eigenvalue weighted by Crippen LogP contribution is 2.49. The molecule has 0 amide bonds. The minimum Gasteiger partial charge on any atom is -0.359 e. The van der Waals surface area contributed by atoms with Crippen LogP contribution in [0.15, 0.2) is 34.3 Å². The van der Waals surface area contributed by atoms with Crippen molar-refractivity contribution in [2.75, 3.05) is 0 Å². The van der Waals surface area contributed by atoms with Crippen LogP contribution in [0, 0.1) is 0 Å². The van der Waals surface area contributed by atoms with Gasteiger partial charge in [0.2, 0.25) is 0 Å². The van der Waals surface area contributed by atoms with Crippen molar-refractivity contribution in [3.8, 4) is 11.4 Å². The SMILES string of the molecule is c1cc2c([nH]1)-c1[nH]ccc1SS2. The van der Waals surface area contributed by atoms with E-state index in [4.69, 9.17) is 0 Å². The number of H-pyrrole nitrogens is 2. The molecule has 0 bridgehead atoms. The highest BCUT2D eigenvalue weighted by atomic mass is 33.1. The number of hydrogen-bond donors (Lipinski definition) is 2. The van der Waals surface area contributed by atoms with Crippen molar-refractivity contribution in [1.29, 1.82) is 0 Å². The van der Waals surface area contributed by atoms with E-state index in [1.807, 2.05) is 34.0 Å². The molecule has 0 aromatic carbocycles. The van der Waals surface area contributed by atoms with Crippen LogP contribution in [0.25, 0.3) is 11.4 Å². The average Bonchev–Trinajstić information content (AvgIpc) is 2.71. The lowest BCUT2D eigenvalue weighted by atomic mass is 10.3. The Morgan fingerprint density at radius 2 is 1.33 bits per heavy atom. The largest absolute Gasteiger partial charge is 0.359 e. The predicted octanol–water partition coefficient (Wildman–Crippen LogP) is 3.12. The van der Waals surface area contributed by atoms with Gasteiger partial charge in [-0.1, -0.05) is 21.6 Å². The molecule has 0 aliphatic carbocycles. The van der Waals surface area contributed by atoms with Crippen molar-refractivity contribution in [2.45, 2.75) is 9.79 Å². The molecule has 12 heavy (non-hydrogen) atoms. The molecule has 3 heterocycles. The van der Waals surface area contributed by atoms with E-state index in [-0.39, 0.29) is 0 Å². The zero-order valence-electron chi connectivity index (χ0n) is 6.13. The lowest BCUT2D eigenvalue weighted by Crippen LogP contribution is -1.84. The van der Waals surface area contributed by atoms with E-state index in [1.54, 1.807) is 0 Å². The second-order valence-electron chi connectivity index (χ2n) is 2.60. The second-order valence-corrected chi connectivity index (χ2v) is 4.81. The van der Waals surface area contributed by atoms with E-state index in [9.17, 15) is 0 Å². The van der Waals surface area contributed by atoms with Gasteiger partial charge in [0, 0.05) is 22.2 Å². The Morgan fingerprint density at radius 3 is 1.83 bits per heavy atom. The monoisotopic (exact) mass is 194 g/mol. The van der Waals surface area contributed by atoms with Gasteiger partial charge >= 0.3 is 0 Å². The zero-order valence-corrected chi connectivity index (χ0v) is 7.76. The summed E-state index contributed by atoms with van der Waals surface area (Å²) in [5.41, 5.74) is 2.44. The third-order valence-corrected chi connectivity index (χ3v) is 4.34. The van der Waals surface area contributed by atoms with Gasteiger partial charge in [0.25, 0.3) is 0 Å². The summed E-state index contributed by atoms with van der Waals surface area (Å²) >= 11 is 0. The van der Waals surface area contributed by atoms with Gasteiger partial charge in [-0.05, 0) is 12.1 Å². The van der Waals surface area contributed by atoms with Crippen LogP contribution in [0.5, 0.6) is 0 Å². The van der Waals surface area contributed by atoms with Crippen molar-refractivity contribution < 1.29 is 0 Å². The average molecular weight is 194 g/mol. The number of nitrogens with one attached hydrogen (secondary N) is 2. The molecule has 0 spiro atoms. The van der Waals surface area contributed by atoms with Gasteiger partial charge in [0.05, 0.1) is 11.4 Å². The zero-order chi connectivity index (χ0) is 7.97. The first-order valence-electron chi connectivity index (χ1n) is 3.65. The van der Waals surface area contributed by atoms with E-state index >= 15 is 0 Å². The maximum Gasteiger partial charge on any atom is 0.0778 e. The number of aromatic amines is 2. The minimum atomic E-state index is 1.22. The van der Waals surface area contributed by atoms with Gasteiger partial charge in [0.15, 0.2) is 0 Å². The molecule has 0 atom stereocenters. The standard InChI is InChI=1S/C8H6N2S2/c1-3-9-7-5(1)11-12-6-2-4-10-8(6)7/h1-4,9-10H. The molecule has 1 aliphatic rings. The summed E-state index contributed by atoms with van der Waals surface area (Å²) in [5.74, 6) is 0. The topological polar surface area (TPSA) is 31.6 Å². The van der Waals surface area contributed by atoms with Gasteiger partial charge < -0.3 is 9.97 Å². The number of aromatic nitrogens is 2. The van der Waals surface area contributed by atoms with Gasteiger partial charge in [-0.25, -0.2) is 0 Å². The molecule has 1 aliphatic heterocycles. The third kappa shape index (κ3) is 0.791. The summed E-state index contributed by atoms with van der Waals surface area (Å²) in [7, 11) is 3.62. The van der Waals surface area contributed by atoms with Crippen LogP contribution in [0.4, 0.5) is 0 Å². The molecule has 4 heteroatoms. The summed E-state index contributed by atoms with van der Waals surface area (Å²) in [6.45, 7) is 0. The Balaban J connectivity index is 2.32. The first kappa shape index (κ1) is 6.74. The minimum absolute atomic E-state index is 1.22. The molecule has 2 aromatic heterocycles. The molecule has 0 unspecified atom stereocenters. The van der Waals surface area contributed by atoms with Crippen LogP contribution < -0.4 is 0 Å². The number of fused-ring (bicyclic) bond motifs is 3. The lowest BCUT2D eigenvalue weighted by molar-refractivity contribution is 1.27. The summed E-state index contributed by atoms with van der Waals surface area (Å²) in [6, 6.07) is 4.22. The molecule has 0 fully saturated rings. The molecule has 2 nitrogen and oxygen atoms in total. The van der Waals surface area contributed by atoms with Gasteiger partial charge in [-0.15, -0.1) is 0 Å². The summed E-state index contributed by atoms with van der Waals surface area (Å²) in [4.78, 5) is 9.10. The van der Waals surface area contributed by atoms with Gasteiger partial charge in [0.1, 0.15) is 0 Å². The van der Waals surface area contributed by atoms with Crippen molar-refractivity contribution in [2.24, 2.45) is 0 Å². The molecule has 0 radical (unpaired) electrons. The first-order chi connectivity index (χ1) is 5.95. The molecular formula is C8H6N2S2. The molecule has 2 N–H and O–H groups in total. The van der Waals surface area contributed by atoms with Crippen LogP contribution in [-0.4, -0.2) is 9.97 Å². The van der Waals surface area contributed by atoms with E-state index in [1.165, 1.54) is 21.2 Å². The molecule has 60 valence electrons. The number of rotatable bonds is 0. The van der Waals surface area contributed by atoms with Crippen LogP contribution in [-0.2, 0) is 0 Å². The van der Waals surface area contributed by atoms with Crippen molar-refractivity contribution in [3.05, 3.63) is 24.5 Å². The van der Waals surface area contributed by atoms with E-state index < -0.39 is 0 Å². The third-order valence-electron chi connectivity index (χ3n) is 1.89. The van der Waals surface area contributed by atoms with E-state index in [0.717, 1.165) is 0 Å². The van der Waals surface area contributed by atoms with Crippen LogP contribution in [0.1, 0.15) is 0 Å².